The number of nitrogens with one attached hydrogen (secondary N) is 3. The van der Waals surface area contributed by atoms with Crippen molar-refractivity contribution >= 4 is 29.1 Å². The standard InChI is InChI=1S/C21H22N4O3/c22-18(26)10-7-13-5-8-14(9-6-13)24-19(27)17-11-21(12-23-17)15-3-1-2-4-16(15)25-20(21)28/h1-6,8-9,17,23H,7,10-12H2,(H2,22,26)(H,24,27)(H,25,28). The second-order valence-corrected chi connectivity index (χ2v) is 7.37. The summed E-state index contributed by atoms with van der Waals surface area (Å²) in [4.78, 5) is 36.2. The summed E-state index contributed by atoms with van der Waals surface area (Å²) >= 11 is 0. The molecule has 0 aliphatic carbocycles. The number of carbonyl (C=O) groups is 3. The van der Waals surface area contributed by atoms with E-state index in [-0.39, 0.29) is 17.7 Å². The van der Waals surface area contributed by atoms with Crippen molar-refractivity contribution in [3.63, 3.8) is 0 Å². The van der Waals surface area contributed by atoms with Gasteiger partial charge in [-0.15, -0.1) is 0 Å². The molecular weight excluding hydrogens is 356 g/mol. The normalized spacial score (nSPS) is 22.7. The molecule has 2 aliphatic rings. The maximum Gasteiger partial charge on any atom is 0.241 e. The molecule has 0 aromatic heterocycles. The quantitative estimate of drug-likeness (QED) is 0.628. The molecule has 2 aliphatic heterocycles. The molecule has 5 N–H and O–H groups in total. The third-order valence-electron chi connectivity index (χ3n) is 5.53. The summed E-state index contributed by atoms with van der Waals surface area (Å²) in [6.45, 7) is 0.431. The zero-order valence-electron chi connectivity index (χ0n) is 15.3. The minimum atomic E-state index is -0.697. The molecule has 0 bridgehead atoms. The fraction of sp³-hybridized carbons (Fsp3) is 0.286. The average Bonchev–Trinajstić information content (AvgIpc) is 3.25. The molecule has 1 saturated heterocycles. The Morgan fingerprint density at radius 1 is 1.14 bits per heavy atom. The van der Waals surface area contributed by atoms with Gasteiger partial charge < -0.3 is 21.7 Å². The van der Waals surface area contributed by atoms with Crippen LogP contribution >= 0.6 is 0 Å². The summed E-state index contributed by atoms with van der Waals surface area (Å²) in [6, 6.07) is 14.5. The van der Waals surface area contributed by atoms with E-state index in [0.717, 1.165) is 16.8 Å². The maximum absolute atomic E-state index is 12.7. The molecule has 2 unspecified atom stereocenters. The first-order valence-electron chi connectivity index (χ1n) is 9.30. The first-order valence-corrected chi connectivity index (χ1v) is 9.30. The van der Waals surface area contributed by atoms with Gasteiger partial charge in [-0.2, -0.15) is 0 Å². The van der Waals surface area contributed by atoms with Gasteiger partial charge in [0.05, 0.1) is 11.5 Å². The number of rotatable bonds is 5. The van der Waals surface area contributed by atoms with Crippen molar-refractivity contribution in [3.8, 4) is 0 Å². The number of carbonyl (C=O) groups excluding carboxylic acids is 3. The van der Waals surface area contributed by atoms with Gasteiger partial charge in [-0.25, -0.2) is 0 Å². The highest BCUT2D eigenvalue weighted by Gasteiger charge is 2.52. The first-order chi connectivity index (χ1) is 13.5. The minimum Gasteiger partial charge on any atom is -0.370 e. The Labute approximate surface area is 162 Å². The molecule has 1 spiro atoms. The first kappa shape index (κ1) is 18.2. The van der Waals surface area contributed by atoms with E-state index in [9.17, 15) is 14.4 Å². The van der Waals surface area contributed by atoms with E-state index < -0.39 is 11.5 Å². The van der Waals surface area contributed by atoms with Gasteiger partial charge in [-0.1, -0.05) is 30.3 Å². The summed E-state index contributed by atoms with van der Waals surface area (Å²) in [5.74, 6) is -0.564. The molecular formula is C21H22N4O3. The van der Waals surface area contributed by atoms with Crippen molar-refractivity contribution in [2.45, 2.75) is 30.7 Å². The molecule has 2 atom stereocenters. The van der Waals surface area contributed by atoms with E-state index in [2.05, 4.69) is 16.0 Å². The lowest BCUT2D eigenvalue weighted by molar-refractivity contribution is -0.120. The summed E-state index contributed by atoms with van der Waals surface area (Å²) in [7, 11) is 0. The number of fused-ring (bicyclic) bond motifs is 2. The fourth-order valence-electron chi connectivity index (χ4n) is 3.98. The number of aryl methyl sites for hydroxylation is 1. The van der Waals surface area contributed by atoms with Crippen LogP contribution in [0.1, 0.15) is 24.0 Å². The van der Waals surface area contributed by atoms with Crippen LogP contribution in [0.4, 0.5) is 11.4 Å². The van der Waals surface area contributed by atoms with Crippen LogP contribution in [-0.2, 0) is 26.2 Å². The summed E-state index contributed by atoms with van der Waals surface area (Å²) in [5.41, 5.74) is 7.89. The van der Waals surface area contributed by atoms with Crippen molar-refractivity contribution in [2.24, 2.45) is 5.73 Å². The number of benzene rings is 2. The molecule has 2 heterocycles. The molecule has 7 nitrogen and oxygen atoms in total. The minimum absolute atomic E-state index is 0.0599. The summed E-state index contributed by atoms with van der Waals surface area (Å²) in [5, 5.41) is 9.02. The second kappa shape index (κ2) is 7.09. The largest absolute Gasteiger partial charge is 0.370 e. The van der Waals surface area contributed by atoms with Gasteiger partial charge in [0.25, 0.3) is 0 Å². The number of amides is 3. The van der Waals surface area contributed by atoms with Crippen molar-refractivity contribution in [2.75, 3.05) is 17.2 Å². The number of hydrogen-bond acceptors (Lipinski definition) is 4. The highest BCUT2D eigenvalue weighted by Crippen LogP contribution is 2.43. The number of nitrogens with two attached hydrogens (primary N) is 1. The molecule has 0 saturated carbocycles. The van der Waals surface area contributed by atoms with Gasteiger partial charge in [-0.3, -0.25) is 14.4 Å². The molecule has 7 heteroatoms. The van der Waals surface area contributed by atoms with Gasteiger partial charge in [0.2, 0.25) is 17.7 Å². The summed E-state index contributed by atoms with van der Waals surface area (Å²) < 4.78 is 0. The van der Waals surface area contributed by atoms with Crippen LogP contribution in [-0.4, -0.2) is 30.3 Å². The average molecular weight is 378 g/mol. The van der Waals surface area contributed by atoms with Gasteiger partial charge in [-0.05, 0) is 42.2 Å². The van der Waals surface area contributed by atoms with Gasteiger partial charge in [0.1, 0.15) is 0 Å². The monoisotopic (exact) mass is 378 g/mol. The van der Waals surface area contributed by atoms with Crippen molar-refractivity contribution in [1.82, 2.24) is 5.32 Å². The molecule has 2 aromatic rings. The fourth-order valence-corrected chi connectivity index (χ4v) is 3.98. The lowest BCUT2D eigenvalue weighted by atomic mass is 9.79. The Morgan fingerprint density at radius 3 is 2.64 bits per heavy atom. The molecule has 1 fully saturated rings. The molecule has 4 rings (SSSR count). The van der Waals surface area contributed by atoms with Crippen LogP contribution in [0.25, 0.3) is 0 Å². The number of primary amides is 1. The van der Waals surface area contributed by atoms with Crippen molar-refractivity contribution in [3.05, 3.63) is 59.7 Å². The van der Waals surface area contributed by atoms with Crippen LogP contribution in [0.3, 0.4) is 0 Å². The molecule has 144 valence electrons. The predicted octanol–water partition coefficient (Wildman–Crippen LogP) is 1.30. The Bertz CT molecular complexity index is 941. The maximum atomic E-state index is 12.7. The lowest BCUT2D eigenvalue weighted by Crippen LogP contribution is -2.36. The van der Waals surface area contributed by atoms with E-state index in [4.69, 9.17) is 5.73 Å². The third-order valence-corrected chi connectivity index (χ3v) is 5.53. The number of hydrogen-bond donors (Lipinski definition) is 4. The highest BCUT2D eigenvalue weighted by molar-refractivity contribution is 6.08. The number of anilines is 2. The van der Waals surface area contributed by atoms with E-state index in [1.165, 1.54) is 0 Å². The second-order valence-electron chi connectivity index (χ2n) is 7.37. The highest BCUT2D eigenvalue weighted by atomic mass is 16.2. The predicted molar refractivity (Wildman–Crippen MR) is 106 cm³/mol. The Hall–Kier alpha value is -3.19. The van der Waals surface area contributed by atoms with Crippen molar-refractivity contribution < 1.29 is 14.4 Å². The van der Waals surface area contributed by atoms with Gasteiger partial charge in [0, 0.05) is 24.3 Å². The van der Waals surface area contributed by atoms with Crippen LogP contribution in [0.5, 0.6) is 0 Å². The Balaban J connectivity index is 1.42. The van der Waals surface area contributed by atoms with E-state index in [1.807, 2.05) is 36.4 Å². The Kier molecular flexibility index (Phi) is 4.60. The SMILES string of the molecule is NC(=O)CCc1ccc(NC(=O)C2CC3(CN2)C(=O)Nc2ccccc23)cc1. The molecule has 28 heavy (non-hydrogen) atoms. The van der Waals surface area contributed by atoms with Crippen LogP contribution < -0.4 is 21.7 Å². The molecule has 3 amide bonds. The topological polar surface area (TPSA) is 113 Å². The zero-order chi connectivity index (χ0) is 19.7. The van der Waals surface area contributed by atoms with Gasteiger partial charge in [0.15, 0.2) is 0 Å². The molecule has 0 radical (unpaired) electrons. The summed E-state index contributed by atoms with van der Waals surface area (Å²) in [6.07, 6.45) is 1.28. The van der Waals surface area contributed by atoms with Crippen LogP contribution in [0.15, 0.2) is 48.5 Å². The van der Waals surface area contributed by atoms with Crippen LogP contribution in [0, 0.1) is 0 Å². The van der Waals surface area contributed by atoms with Gasteiger partial charge >= 0.3 is 0 Å². The lowest BCUT2D eigenvalue weighted by Gasteiger charge is -2.20. The van der Waals surface area contributed by atoms with Crippen LogP contribution in [0.2, 0.25) is 0 Å². The van der Waals surface area contributed by atoms with E-state index in [0.29, 0.717) is 31.5 Å². The Morgan fingerprint density at radius 2 is 1.89 bits per heavy atom. The van der Waals surface area contributed by atoms with E-state index >= 15 is 0 Å². The van der Waals surface area contributed by atoms with E-state index in [1.54, 1.807) is 12.1 Å². The zero-order valence-corrected chi connectivity index (χ0v) is 15.3. The smallest absolute Gasteiger partial charge is 0.241 e. The molecule has 2 aromatic carbocycles. The third kappa shape index (κ3) is 3.25. The number of para-hydroxylation sites is 1. The van der Waals surface area contributed by atoms with Crippen molar-refractivity contribution in [1.29, 1.82) is 0 Å².